The number of nitrogens with zero attached hydrogens (tertiary/aromatic N) is 3. The Kier molecular flexibility index (Phi) is 9.86. The van der Waals surface area contributed by atoms with Gasteiger partial charge in [0.25, 0.3) is 5.91 Å². The first-order chi connectivity index (χ1) is 22.2. The van der Waals surface area contributed by atoms with Crippen LogP contribution in [0.3, 0.4) is 0 Å². The number of phenolic OH excluding ortho intramolecular Hbond substituents is 1. The highest BCUT2D eigenvalue weighted by Gasteiger charge is 2.41. The van der Waals surface area contributed by atoms with Crippen molar-refractivity contribution < 1.29 is 19.7 Å². The van der Waals surface area contributed by atoms with Gasteiger partial charge < -0.3 is 30.2 Å². The van der Waals surface area contributed by atoms with Crippen LogP contribution >= 0.6 is 11.3 Å². The number of carbonyl (C=O) groups excluding carboxylic acids is 1. The van der Waals surface area contributed by atoms with E-state index in [0.717, 1.165) is 44.6 Å². The quantitative estimate of drug-likeness (QED) is 0.189. The summed E-state index contributed by atoms with van der Waals surface area (Å²) in [5.41, 5.74) is 3.87. The Bertz CT molecular complexity index is 1730. The smallest absolute Gasteiger partial charge is 0.283 e. The van der Waals surface area contributed by atoms with Crippen LogP contribution < -0.4 is 10.9 Å². The fraction of sp³-hybridized carbons (Fsp3) is 0.457. The summed E-state index contributed by atoms with van der Waals surface area (Å²) in [7, 11) is 0. The summed E-state index contributed by atoms with van der Waals surface area (Å²) in [6.45, 7) is 9.73. The van der Waals surface area contributed by atoms with Gasteiger partial charge in [-0.15, -0.1) is 11.3 Å². The third-order valence-electron chi connectivity index (χ3n) is 9.19. The predicted molar refractivity (Wildman–Crippen MR) is 180 cm³/mol. The van der Waals surface area contributed by atoms with Gasteiger partial charge in [0, 0.05) is 49.6 Å². The molecule has 0 bridgehead atoms. The number of thiazole rings is 1. The third kappa shape index (κ3) is 7.34. The second kappa shape index (κ2) is 14.0. The van der Waals surface area contributed by atoms with E-state index in [0.29, 0.717) is 60.2 Å². The molecule has 0 unspecified atom stereocenters. The van der Waals surface area contributed by atoms with E-state index in [2.05, 4.69) is 58.3 Å². The van der Waals surface area contributed by atoms with Gasteiger partial charge in [0.1, 0.15) is 5.75 Å². The molecule has 244 valence electrons. The SMILES string of the molecule is CC(C)c1csc(C(=O)N2CCOC3(CCN(Cc4cccc(CCNC[C@H](O)c5ccc(O)c6[nH]c(=O)ccc56)c4)CC3)C2)n1. The molecule has 2 aromatic heterocycles. The minimum Gasteiger partial charge on any atom is -0.506 e. The van der Waals surface area contributed by atoms with Gasteiger partial charge in [0.05, 0.1) is 36.1 Å². The van der Waals surface area contributed by atoms with E-state index in [1.807, 2.05) is 10.3 Å². The molecule has 1 amide bonds. The molecule has 6 rings (SSSR count). The van der Waals surface area contributed by atoms with Crippen molar-refractivity contribution in [3.63, 3.8) is 0 Å². The van der Waals surface area contributed by atoms with Crippen LogP contribution in [0.5, 0.6) is 5.75 Å². The Hall–Kier alpha value is -3.61. The third-order valence-corrected chi connectivity index (χ3v) is 10.0. The lowest BCUT2D eigenvalue weighted by Crippen LogP contribution is -2.57. The summed E-state index contributed by atoms with van der Waals surface area (Å²) in [5, 5.41) is 27.5. The van der Waals surface area contributed by atoms with E-state index in [9.17, 15) is 19.8 Å². The molecule has 0 radical (unpaired) electrons. The number of carbonyl (C=O) groups is 1. The number of rotatable bonds is 10. The lowest BCUT2D eigenvalue weighted by Gasteiger charge is -2.47. The number of fused-ring (bicyclic) bond motifs is 1. The maximum absolute atomic E-state index is 13.2. The second-order valence-electron chi connectivity index (χ2n) is 12.8. The Balaban J connectivity index is 0.970. The van der Waals surface area contributed by atoms with E-state index in [1.165, 1.54) is 34.6 Å². The number of aromatic nitrogens is 2. The van der Waals surface area contributed by atoms with Gasteiger partial charge in [-0.1, -0.05) is 44.2 Å². The molecule has 0 saturated carbocycles. The van der Waals surface area contributed by atoms with Gasteiger partial charge in [-0.2, -0.15) is 0 Å². The molecule has 0 aliphatic carbocycles. The lowest BCUT2D eigenvalue weighted by atomic mass is 9.89. The number of aromatic hydroxyl groups is 1. The molecule has 11 heteroatoms. The summed E-state index contributed by atoms with van der Waals surface area (Å²) in [4.78, 5) is 36.6. The van der Waals surface area contributed by atoms with Crippen molar-refractivity contribution in [1.82, 2.24) is 25.1 Å². The average Bonchev–Trinajstić information content (AvgIpc) is 3.56. The van der Waals surface area contributed by atoms with Crippen molar-refractivity contribution in [3.8, 4) is 5.75 Å². The number of benzene rings is 2. The maximum Gasteiger partial charge on any atom is 0.283 e. The Morgan fingerprint density at radius 3 is 2.72 bits per heavy atom. The molecule has 1 atom stereocenters. The van der Waals surface area contributed by atoms with Crippen LogP contribution in [-0.4, -0.2) is 87.4 Å². The highest BCUT2D eigenvalue weighted by Crippen LogP contribution is 2.32. The Morgan fingerprint density at radius 2 is 1.93 bits per heavy atom. The Morgan fingerprint density at radius 1 is 1.13 bits per heavy atom. The second-order valence-corrected chi connectivity index (χ2v) is 13.7. The van der Waals surface area contributed by atoms with Crippen LogP contribution in [0.2, 0.25) is 0 Å². The summed E-state index contributed by atoms with van der Waals surface area (Å²) >= 11 is 1.44. The number of likely N-dealkylation sites (tertiary alicyclic amines) is 1. The molecule has 2 aliphatic rings. The van der Waals surface area contributed by atoms with E-state index in [4.69, 9.17) is 4.74 Å². The normalized spacial score (nSPS) is 17.6. The van der Waals surface area contributed by atoms with Crippen molar-refractivity contribution in [1.29, 1.82) is 0 Å². The molecule has 2 aliphatic heterocycles. The zero-order valence-corrected chi connectivity index (χ0v) is 27.3. The fourth-order valence-corrected chi connectivity index (χ4v) is 7.44. The Labute approximate surface area is 273 Å². The number of hydrogen-bond acceptors (Lipinski definition) is 9. The molecule has 1 spiro atoms. The number of piperidine rings is 1. The van der Waals surface area contributed by atoms with Gasteiger partial charge in [0.2, 0.25) is 5.56 Å². The van der Waals surface area contributed by atoms with Gasteiger partial charge in [-0.05, 0) is 60.5 Å². The standard InChI is InChI=1S/C35H43N5O5S/c1-23(2)28-21-46-33(37-28)34(44)40-16-17-45-35(22-40)11-14-39(15-12-35)20-25-5-3-4-24(18-25)10-13-36-19-30(42)26-6-8-29(41)32-27(26)7-9-31(43)38-32/h3-9,18,21,23,30,36,41-42H,10-17,19-20,22H2,1-2H3,(H,38,43)/t30-/m0/s1. The minimum atomic E-state index is -0.786. The van der Waals surface area contributed by atoms with Crippen LogP contribution in [0.1, 0.15) is 70.9 Å². The predicted octanol–water partition coefficient (Wildman–Crippen LogP) is 4.19. The van der Waals surface area contributed by atoms with Crippen LogP contribution in [0.25, 0.3) is 10.9 Å². The van der Waals surface area contributed by atoms with Gasteiger partial charge in [-0.25, -0.2) is 4.98 Å². The summed E-state index contributed by atoms with van der Waals surface area (Å²) in [5.74, 6) is 0.312. The molecular formula is C35H43N5O5S. The average molecular weight is 646 g/mol. The molecule has 4 aromatic rings. The maximum atomic E-state index is 13.2. The van der Waals surface area contributed by atoms with Crippen molar-refractivity contribution in [2.24, 2.45) is 0 Å². The molecule has 4 N–H and O–H groups in total. The van der Waals surface area contributed by atoms with Gasteiger partial charge >= 0.3 is 0 Å². The molecule has 2 aromatic carbocycles. The first kappa shape index (κ1) is 32.3. The monoisotopic (exact) mass is 645 g/mol. The summed E-state index contributed by atoms with van der Waals surface area (Å²) < 4.78 is 6.33. The number of H-pyrrole nitrogens is 1. The zero-order valence-electron chi connectivity index (χ0n) is 26.5. The van der Waals surface area contributed by atoms with Crippen LogP contribution in [-0.2, 0) is 17.7 Å². The zero-order chi connectivity index (χ0) is 32.3. The van der Waals surface area contributed by atoms with Gasteiger partial charge in [0.15, 0.2) is 5.01 Å². The first-order valence-corrected chi connectivity index (χ1v) is 17.0. The number of pyridine rings is 1. The van der Waals surface area contributed by atoms with E-state index >= 15 is 0 Å². The number of hydrogen-bond donors (Lipinski definition) is 4. The van der Waals surface area contributed by atoms with Gasteiger partial charge in [-0.3, -0.25) is 14.5 Å². The number of phenols is 1. The summed E-state index contributed by atoms with van der Waals surface area (Å²) in [6.07, 6.45) is 1.82. The van der Waals surface area contributed by atoms with Crippen molar-refractivity contribution >= 4 is 28.1 Å². The number of aliphatic hydroxyl groups excluding tert-OH is 1. The van der Waals surface area contributed by atoms with Crippen molar-refractivity contribution in [3.05, 3.63) is 91.7 Å². The molecule has 4 heterocycles. The highest BCUT2D eigenvalue weighted by atomic mass is 32.1. The topological polar surface area (TPSA) is 131 Å². The number of nitrogens with one attached hydrogen (secondary N) is 2. The molecule has 46 heavy (non-hydrogen) atoms. The highest BCUT2D eigenvalue weighted by molar-refractivity contribution is 7.11. The molecule has 2 saturated heterocycles. The number of aliphatic hydroxyl groups is 1. The number of ether oxygens (including phenoxy) is 1. The fourth-order valence-electron chi connectivity index (χ4n) is 6.50. The number of amides is 1. The van der Waals surface area contributed by atoms with Crippen LogP contribution in [0.4, 0.5) is 0 Å². The number of aromatic amines is 1. The minimum absolute atomic E-state index is 0.0197. The largest absolute Gasteiger partial charge is 0.506 e. The van der Waals surface area contributed by atoms with Crippen molar-refractivity contribution in [2.75, 3.05) is 45.9 Å². The van der Waals surface area contributed by atoms with E-state index in [1.54, 1.807) is 12.1 Å². The van der Waals surface area contributed by atoms with E-state index < -0.39 is 6.10 Å². The first-order valence-electron chi connectivity index (χ1n) is 16.1. The van der Waals surface area contributed by atoms with Crippen LogP contribution in [0, 0.1) is 0 Å². The number of morpholine rings is 1. The summed E-state index contributed by atoms with van der Waals surface area (Å²) in [6, 6.07) is 14.9. The lowest BCUT2D eigenvalue weighted by molar-refractivity contribution is -0.127. The molecular weight excluding hydrogens is 602 g/mol. The van der Waals surface area contributed by atoms with Crippen molar-refractivity contribution in [2.45, 2.75) is 57.3 Å². The van der Waals surface area contributed by atoms with E-state index in [-0.39, 0.29) is 22.8 Å². The van der Waals surface area contributed by atoms with Crippen LogP contribution in [0.15, 0.2) is 58.7 Å². The molecule has 10 nitrogen and oxygen atoms in total. The molecule has 2 fully saturated rings.